The Morgan fingerprint density at radius 2 is 1.82 bits per heavy atom. The Kier molecular flexibility index (Phi) is 6.93. The molecule has 1 aromatic heterocycles. The van der Waals surface area contributed by atoms with E-state index in [4.69, 9.17) is 10.2 Å². The summed E-state index contributed by atoms with van der Waals surface area (Å²) in [6, 6.07) is 11.4. The number of rotatable bonds is 8. The van der Waals surface area contributed by atoms with Crippen LogP contribution in [0.1, 0.15) is 41.1 Å². The summed E-state index contributed by atoms with van der Waals surface area (Å²) in [5, 5.41) is 13.8. The van der Waals surface area contributed by atoms with Crippen molar-refractivity contribution >= 4 is 22.6 Å². The number of hydrogen-bond donors (Lipinski definition) is 3. The highest BCUT2D eigenvalue weighted by Crippen LogP contribution is 2.33. The van der Waals surface area contributed by atoms with Crippen LogP contribution in [0.4, 0.5) is 10.1 Å². The number of anilines is 1. The number of nitrogens with one attached hydrogen (secondary N) is 1. The van der Waals surface area contributed by atoms with Gasteiger partial charge < -0.3 is 20.6 Å². The maximum atomic E-state index is 14.4. The van der Waals surface area contributed by atoms with E-state index in [0.29, 0.717) is 24.2 Å². The van der Waals surface area contributed by atoms with E-state index in [0.717, 1.165) is 43.9 Å². The van der Waals surface area contributed by atoms with Gasteiger partial charge in [-0.1, -0.05) is 24.3 Å². The van der Waals surface area contributed by atoms with Crippen molar-refractivity contribution in [1.29, 1.82) is 0 Å². The minimum Gasteiger partial charge on any atom is -0.446 e. The van der Waals surface area contributed by atoms with Crippen molar-refractivity contribution in [2.75, 3.05) is 38.0 Å². The Morgan fingerprint density at radius 3 is 2.50 bits per heavy atom. The number of benzene rings is 2. The zero-order valence-electron chi connectivity index (χ0n) is 20.0. The molecule has 0 radical (unpaired) electrons. The molecule has 1 aliphatic heterocycles. The summed E-state index contributed by atoms with van der Waals surface area (Å²) in [5.74, 6) is -1.33. The van der Waals surface area contributed by atoms with E-state index in [1.165, 1.54) is 11.6 Å². The number of furan rings is 1. The van der Waals surface area contributed by atoms with Crippen LogP contribution in [0.15, 0.2) is 40.8 Å². The first-order chi connectivity index (χ1) is 16.1. The number of aliphatic hydroxyl groups is 1. The van der Waals surface area contributed by atoms with Crippen LogP contribution in [0.2, 0.25) is 0 Å². The number of nitrogens with zero attached hydrogens (tertiary/aromatic N) is 2. The Balaban J connectivity index is 1.43. The molecule has 3 aromatic rings. The van der Waals surface area contributed by atoms with Crippen molar-refractivity contribution in [2.45, 2.75) is 39.5 Å². The normalized spacial score (nSPS) is 15.7. The van der Waals surface area contributed by atoms with E-state index in [2.05, 4.69) is 27.2 Å². The van der Waals surface area contributed by atoms with Gasteiger partial charge >= 0.3 is 0 Å². The molecule has 1 saturated heterocycles. The molecular formula is C26H33FN4O3. The number of fused-ring (bicyclic) bond motifs is 1. The van der Waals surface area contributed by atoms with Gasteiger partial charge in [-0.25, -0.2) is 4.39 Å². The van der Waals surface area contributed by atoms with Crippen LogP contribution in [0.3, 0.4) is 0 Å². The summed E-state index contributed by atoms with van der Waals surface area (Å²) in [5.41, 5.74) is 8.22. The number of piperazine rings is 1. The quantitative estimate of drug-likeness (QED) is 0.469. The second kappa shape index (κ2) is 9.74. The van der Waals surface area contributed by atoms with Crippen molar-refractivity contribution in [1.82, 2.24) is 9.80 Å². The van der Waals surface area contributed by atoms with Crippen LogP contribution in [0, 0.1) is 12.7 Å². The molecule has 0 spiro atoms. The third-order valence-corrected chi connectivity index (χ3v) is 6.05. The molecule has 4 rings (SSSR count). The van der Waals surface area contributed by atoms with E-state index in [-0.39, 0.29) is 11.3 Å². The van der Waals surface area contributed by atoms with Gasteiger partial charge in [0.05, 0.1) is 11.3 Å². The lowest BCUT2D eigenvalue weighted by molar-refractivity contribution is 0.0166. The molecule has 0 unspecified atom stereocenters. The summed E-state index contributed by atoms with van der Waals surface area (Å²) in [6.07, 6.45) is 0. The van der Waals surface area contributed by atoms with Crippen molar-refractivity contribution in [2.24, 2.45) is 5.73 Å². The predicted octanol–water partition coefficient (Wildman–Crippen LogP) is 3.48. The summed E-state index contributed by atoms with van der Waals surface area (Å²) < 4.78 is 19.8. The Bertz CT molecular complexity index is 1180. The highest BCUT2D eigenvalue weighted by Gasteiger charge is 2.23. The van der Waals surface area contributed by atoms with E-state index in [9.17, 15) is 14.3 Å². The number of carbonyl (C=O) groups excluding carboxylic acids is 1. The number of amides is 1. The van der Waals surface area contributed by atoms with E-state index >= 15 is 0 Å². The molecule has 1 aliphatic rings. The molecule has 4 N–H and O–H groups in total. The summed E-state index contributed by atoms with van der Waals surface area (Å²) in [4.78, 5) is 16.6. The first-order valence-electron chi connectivity index (χ1n) is 11.6. The number of primary amides is 1. The Morgan fingerprint density at radius 1 is 1.15 bits per heavy atom. The van der Waals surface area contributed by atoms with Crippen LogP contribution >= 0.6 is 0 Å². The van der Waals surface area contributed by atoms with Crippen LogP contribution < -0.4 is 11.1 Å². The molecule has 0 aliphatic carbocycles. The summed E-state index contributed by atoms with van der Waals surface area (Å²) in [6.45, 7) is 11.2. The van der Waals surface area contributed by atoms with Crippen LogP contribution in [0.5, 0.6) is 0 Å². The lowest BCUT2D eigenvalue weighted by Gasteiger charge is -2.37. The van der Waals surface area contributed by atoms with Gasteiger partial charge in [-0.2, -0.15) is 0 Å². The molecule has 1 amide bonds. The molecule has 182 valence electrons. The number of β-amino-alcohol motifs (C(OH)–C–C–N with tert-alkyl or cyclic N) is 1. The van der Waals surface area contributed by atoms with E-state index < -0.39 is 17.3 Å². The molecule has 8 heteroatoms. The number of hydrogen-bond acceptors (Lipinski definition) is 6. The second-order valence-electron chi connectivity index (χ2n) is 9.83. The topological polar surface area (TPSA) is 95.0 Å². The third-order valence-electron chi connectivity index (χ3n) is 6.05. The van der Waals surface area contributed by atoms with Gasteiger partial charge in [0, 0.05) is 51.2 Å². The highest BCUT2D eigenvalue weighted by atomic mass is 19.1. The fourth-order valence-electron chi connectivity index (χ4n) is 4.58. The number of aryl methyl sites for hydroxylation is 1. The maximum absolute atomic E-state index is 14.4. The molecule has 0 atom stereocenters. The maximum Gasteiger partial charge on any atom is 0.286 e. The predicted molar refractivity (Wildman–Crippen MR) is 131 cm³/mol. The first kappa shape index (κ1) is 24.2. The first-order valence-corrected chi connectivity index (χ1v) is 11.6. The standard InChI is InChI=1S/C26H33FN4O3/c1-17-11-20-22(24(25(28)32)34-23(20)21(27)12-17)29-14-18-5-4-6-19(13-18)15-30-7-9-31(10-8-30)16-26(2,3)33/h4-6,11-13,29,33H,7-10,14-16H2,1-3H3,(H2,28,32). The van der Waals surface area contributed by atoms with Gasteiger partial charge in [0.25, 0.3) is 5.91 Å². The van der Waals surface area contributed by atoms with Gasteiger partial charge in [-0.05, 0) is 49.6 Å². The largest absolute Gasteiger partial charge is 0.446 e. The molecular weight excluding hydrogens is 435 g/mol. The minimum atomic E-state index is -0.742. The van der Waals surface area contributed by atoms with Crippen molar-refractivity contribution in [3.8, 4) is 0 Å². The highest BCUT2D eigenvalue weighted by molar-refractivity contribution is 6.05. The Labute approximate surface area is 199 Å². The fraction of sp³-hybridized carbons (Fsp3) is 0.423. The zero-order chi connectivity index (χ0) is 24.5. The molecule has 0 bridgehead atoms. The molecule has 34 heavy (non-hydrogen) atoms. The third kappa shape index (κ3) is 5.75. The summed E-state index contributed by atoms with van der Waals surface area (Å²) >= 11 is 0. The number of nitrogens with two attached hydrogens (primary N) is 1. The Hall–Kier alpha value is -2.94. The van der Waals surface area contributed by atoms with Gasteiger partial charge in [-0.15, -0.1) is 0 Å². The van der Waals surface area contributed by atoms with E-state index in [1.54, 1.807) is 13.0 Å². The van der Waals surface area contributed by atoms with E-state index in [1.807, 2.05) is 26.0 Å². The summed E-state index contributed by atoms with van der Waals surface area (Å²) in [7, 11) is 0. The molecule has 2 heterocycles. The fourth-order valence-corrected chi connectivity index (χ4v) is 4.58. The van der Waals surface area contributed by atoms with Crippen molar-refractivity contribution in [3.05, 3.63) is 64.7 Å². The molecule has 7 nitrogen and oxygen atoms in total. The number of carbonyl (C=O) groups is 1. The zero-order valence-corrected chi connectivity index (χ0v) is 20.0. The lowest BCUT2D eigenvalue weighted by Crippen LogP contribution is -2.50. The molecule has 1 fully saturated rings. The van der Waals surface area contributed by atoms with Gasteiger partial charge in [0.1, 0.15) is 0 Å². The molecule has 2 aromatic carbocycles. The van der Waals surface area contributed by atoms with Crippen LogP contribution in [0.25, 0.3) is 11.0 Å². The van der Waals surface area contributed by atoms with Crippen molar-refractivity contribution in [3.63, 3.8) is 0 Å². The van der Waals surface area contributed by atoms with Gasteiger partial charge in [0.15, 0.2) is 11.4 Å². The van der Waals surface area contributed by atoms with Crippen molar-refractivity contribution < 1.29 is 18.7 Å². The minimum absolute atomic E-state index is 0.0272. The smallest absolute Gasteiger partial charge is 0.286 e. The molecule has 0 saturated carbocycles. The SMILES string of the molecule is Cc1cc(F)c2oc(C(N)=O)c(NCc3cccc(CN4CCN(CC(C)(C)O)CC4)c3)c2c1. The lowest BCUT2D eigenvalue weighted by atomic mass is 10.1. The van der Waals surface area contributed by atoms with Gasteiger partial charge in [0.2, 0.25) is 5.76 Å². The average molecular weight is 469 g/mol. The second-order valence-corrected chi connectivity index (χ2v) is 9.83. The average Bonchev–Trinajstić information content (AvgIpc) is 3.12. The van der Waals surface area contributed by atoms with Gasteiger partial charge in [-0.3, -0.25) is 14.6 Å². The number of halogens is 1. The van der Waals surface area contributed by atoms with Crippen LogP contribution in [-0.2, 0) is 13.1 Å². The van der Waals surface area contributed by atoms with Crippen LogP contribution in [-0.4, -0.2) is 59.1 Å². The monoisotopic (exact) mass is 468 g/mol.